The third-order valence-electron chi connectivity index (χ3n) is 3.20. The summed E-state index contributed by atoms with van der Waals surface area (Å²) in [6.07, 6.45) is 0. The molecule has 0 saturated heterocycles. The highest BCUT2D eigenvalue weighted by atomic mass is 35.5. The van der Waals surface area contributed by atoms with Crippen LogP contribution in [0.3, 0.4) is 0 Å². The molecule has 2 aromatic carbocycles. The van der Waals surface area contributed by atoms with Crippen molar-refractivity contribution in [2.75, 3.05) is 7.11 Å². The van der Waals surface area contributed by atoms with Gasteiger partial charge in [0.15, 0.2) is 18.2 Å². The molecule has 0 bridgehead atoms. The molecule has 1 aromatic heterocycles. The number of aromatic nitrogens is 2. The van der Waals surface area contributed by atoms with Crippen LogP contribution in [-0.4, -0.2) is 17.3 Å². The zero-order chi connectivity index (χ0) is 17.6. The van der Waals surface area contributed by atoms with E-state index in [1.165, 1.54) is 24.9 Å². The van der Waals surface area contributed by atoms with Gasteiger partial charge in [0.25, 0.3) is 11.1 Å². The van der Waals surface area contributed by atoms with Crippen LogP contribution in [0.1, 0.15) is 11.5 Å². The van der Waals surface area contributed by atoms with E-state index in [1.807, 2.05) is 0 Å². The largest absolute Gasteiger partial charge is 0.494 e. The van der Waals surface area contributed by atoms with E-state index in [0.717, 1.165) is 5.56 Å². The summed E-state index contributed by atoms with van der Waals surface area (Å²) in [5.74, 6) is 1.33. The average molecular weight is 381 g/mol. The highest BCUT2D eigenvalue weighted by molar-refractivity contribution is 7.98. The Hall–Kier alpha value is -2.25. The maximum Gasteiger partial charge on any atom is 0.277 e. The van der Waals surface area contributed by atoms with Gasteiger partial charge in [-0.15, -0.1) is 10.2 Å². The summed E-state index contributed by atoms with van der Waals surface area (Å²) in [4.78, 5) is 0. The second-order valence-corrected chi connectivity index (χ2v) is 6.32. The van der Waals surface area contributed by atoms with Crippen molar-refractivity contribution in [3.63, 3.8) is 0 Å². The van der Waals surface area contributed by atoms with Gasteiger partial charge >= 0.3 is 0 Å². The predicted octanol–water partition coefficient (Wildman–Crippen LogP) is 4.74. The van der Waals surface area contributed by atoms with Crippen LogP contribution in [0, 0.1) is 5.82 Å². The van der Waals surface area contributed by atoms with Crippen molar-refractivity contribution in [3.05, 3.63) is 64.8 Å². The van der Waals surface area contributed by atoms with Gasteiger partial charge in [0.05, 0.1) is 7.11 Å². The first-order valence-corrected chi connectivity index (χ1v) is 8.66. The molecule has 0 aliphatic heterocycles. The third kappa shape index (κ3) is 4.87. The Kier molecular flexibility index (Phi) is 5.78. The van der Waals surface area contributed by atoms with E-state index in [4.69, 9.17) is 25.5 Å². The van der Waals surface area contributed by atoms with Gasteiger partial charge in [-0.05, 0) is 42.0 Å². The zero-order valence-electron chi connectivity index (χ0n) is 13.2. The van der Waals surface area contributed by atoms with Crippen LogP contribution >= 0.6 is 23.4 Å². The van der Waals surface area contributed by atoms with Crippen LogP contribution in [0.15, 0.2) is 52.1 Å². The minimum atomic E-state index is -0.400. The SMILES string of the molecule is COc1ccc(CSc2nnc(COc3ccc(Cl)cc3)o2)cc1F. The lowest BCUT2D eigenvalue weighted by atomic mass is 10.2. The fraction of sp³-hybridized carbons (Fsp3) is 0.176. The highest BCUT2D eigenvalue weighted by Crippen LogP contribution is 2.25. The van der Waals surface area contributed by atoms with Gasteiger partial charge in [0.1, 0.15) is 5.75 Å². The molecule has 3 rings (SSSR count). The van der Waals surface area contributed by atoms with Gasteiger partial charge < -0.3 is 13.9 Å². The first kappa shape index (κ1) is 17.6. The van der Waals surface area contributed by atoms with Crippen molar-refractivity contribution in [2.45, 2.75) is 17.6 Å². The number of halogens is 2. The Morgan fingerprint density at radius 1 is 1.16 bits per heavy atom. The number of rotatable bonds is 7. The summed E-state index contributed by atoms with van der Waals surface area (Å²) < 4.78 is 29.6. The minimum absolute atomic E-state index is 0.159. The molecule has 0 atom stereocenters. The Balaban J connectivity index is 1.53. The smallest absolute Gasteiger partial charge is 0.277 e. The van der Waals surface area contributed by atoms with Crippen molar-refractivity contribution in [3.8, 4) is 11.5 Å². The molecule has 130 valence electrons. The molecule has 0 N–H and O–H groups in total. The van der Waals surface area contributed by atoms with Crippen molar-refractivity contribution in [2.24, 2.45) is 0 Å². The number of methoxy groups -OCH3 is 1. The number of hydrogen-bond acceptors (Lipinski definition) is 6. The molecular weight excluding hydrogens is 367 g/mol. The summed E-state index contributed by atoms with van der Waals surface area (Å²) in [6.45, 7) is 0.159. The van der Waals surface area contributed by atoms with E-state index in [2.05, 4.69) is 10.2 Å². The quantitative estimate of drug-likeness (QED) is 0.552. The van der Waals surface area contributed by atoms with Crippen LogP contribution in [0.4, 0.5) is 4.39 Å². The lowest BCUT2D eigenvalue weighted by Gasteiger charge is -2.04. The van der Waals surface area contributed by atoms with Gasteiger partial charge in [-0.3, -0.25) is 0 Å². The lowest BCUT2D eigenvalue weighted by molar-refractivity contribution is 0.252. The number of benzene rings is 2. The maximum atomic E-state index is 13.7. The molecule has 0 fully saturated rings. The summed E-state index contributed by atoms with van der Waals surface area (Å²) in [6, 6.07) is 11.8. The van der Waals surface area contributed by atoms with Crippen LogP contribution in [0.5, 0.6) is 11.5 Å². The van der Waals surface area contributed by atoms with E-state index in [-0.39, 0.29) is 12.4 Å². The normalized spacial score (nSPS) is 10.7. The topological polar surface area (TPSA) is 57.4 Å². The average Bonchev–Trinajstić information content (AvgIpc) is 3.07. The Bertz CT molecular complexity index is 842. The highest BCUT2D eigenvalue weighted by Gasteiger charge is 2.09. The number of ether oxygens (including phenoxy) is 2. The molecule has 0 spiro atoms. The minimum Gasteiger partial charge on any atom is -0.494 e. The lowest BCUT2D eigenvalue weighted by Crippen LogP contribution is -1.95. The standard InChI is InChI=1S/C17H14ClFN2O3S/c1-22-15-7-2-11(8-14(15)19)10-25-17-21-20-16(24-17)9-23-13-5-3-12(18)4-6-13/h2-8H,9-10H2,1H3. The van der Waals surface area contributed by atoms with Gasteiger partial charge in [0, 0.05) is 10.8 Å². The van der Waals surface area contributed by atoms with Crippen LogP contribution in [0.2, 0.25) is 5.02 Å². The van der Waals surface area contributed by atoms with Gasteiger partial charge in [-0.1, -0.05) is 29.4 Å². The molecule has 25 heavy (non-hydrogen) atoms. The zero-order valence-corrected chi connectivity index (χ0v) is 14.8. The second kappa shape index (κ2) is 8.22. The van der Waals surface area contributed by atoms with E-state index in [9.17, 15) is 4.39 Å². The van der Waals surface area contributed by atoms with Gasteiger partial charge in [-0.2, -0.15) is 0 Å². The van der Waals surface area contributed by atoms with E-state index >= 15 is 0 Å². The van der Waals surface area contributed by atoms with E-state index in [0.29, 0.717) is 27.6 Å². The van der Waals surface area contributed by atoms with Crippen molar-refractivity contribution < 1.29 is 18.3 Å². The first-order valence-electron chi connectivity index (χ1n) is 7.30. The molecule has 0 radical (unpaired) electrons. The molecule has 5 nitrogen and oxygen atoms in total. The van der Waals surface area contributed by atoms with E-state index < -0.39 is 5.82 Å². The van der Waals surface area contributed by atoms with Crippen LogP contribution in [0.25, 0.3) is 0 Å². The van der Waals surface area contributed by atoms with Gasteiger partial charge in [0.2, 0.25) is 0 Å². The number of thioether (sulfide) groups is 1. The van der Waals surface area contributed by atoms with Crippen molar-refractivity contribution in [1.82, 2.24) is 10.2 Å². The predicted molar refractivity (Wildman–Crippen MR) is 92.6 cm³/mol. The molecule has 0 aliphatic rings. The molecule has 0 amide bonds. The van der Waals surface area contributed by atoms with Crippen LogP contribution in [-0.2, 0) is 12.4 Å². The monoisotopic (exact) mass is 380 g/mol. The Morgan fingerprint density at radius 2 is 1.96 bits per heavy atom. The van der Waals surface area contributed by atoms with Crippen molar-refractivity contribution >= 4 is 23.4 Å². The molecule has 0 unspecified atom stereocenters. The molecule has 0 saturated carbocycles. The molecule has 3 aromatic rings. The molecule has 1 heterocycles. The first-order chi connectivity index (χ1) is 12.1. The molecular formula is C17H14ClFN2O3S. The van der Waals surface area contributed by atoms with E-state index in [1.54, 1.807) is 36.4 Å². The summed E-state index contributed by atoms with van der Waals surface area (Å²) in [5, 5.41) is 8.90. The third-order valence-corrected chi connectivity index (χ3v) is 4.34. The summed E-state index contributed by atoms with van der Waals surface area (Å²) in [7, 11) is 1.43. The fourth-order valence-electron chi connectivity index (χ4n) is 1.98. The van der Waals surface area contributed by atoms with Gasteiger partial charge in [-0.25, -0.2) is 4.39 Å². The Morgan fingerprint density at radius 3 is 2.68 bits per heavy atom. The molecule has 0 aliphatic carbocycles. The maximum absolute atomic E-state index is 13.7. The van der Waals surface area contributed by atoms with Crippen LogP contribution < -0.4 is 9.47 Å². The summed E-state index contributed by atoms with van der Waals surface area (Å²) in [5.41, 5.74) is 0.792. The fourth-order valence-corrected chi connectivity index (χ4v) is 2.82. The summed E-state index contributed by atoms with van der Waals surface area (Å²) >= 11 is 7.13. The second-order valence-electron chi connectivity index (χ2n) is 4.96. The van der Waals surface area contributed by atoms with Crippen molar-refractivity contribution in [1.29, 1.82) is 0 Å². The molecule has 8 heteroatoms. The Labute approximate surface area is 153 Å². The number of nitrogens with zero attached hydrogens (tertiary/aromatic N) is 2. The number of hydrogen-bond donors (Lipinski definition) is 0.